The second-order valence-electron chi connectivity index (χ2n) is 24.3. The van der Waals surface area contributed by atoms with Gasteiger partial charge >= 0.3 is 0 Å². The van der Waals surface area contributed by atoms with Crippen LogP contribution in [0.4, 0.5) is 0 Å². The summed E-state index contributed by atoms with van der Waals surface area (Å²) >= 11 is 0. The van der Waals surface area contributed by atoms with Crippen molar-refractivity contribution < 1.29 is 53.6 Å². The molecule has 16 heteroatoms. The van der Waals surface area contributed by atoms with Gasteiger partial charge in [0.1, 0.15) is 0 Å². The number of nitro groups is 2. The van der Waals surface area contributed by atoms with E-state index in [-0.39, 0.29) is 66.3 Å². The van der Waals surface area contributed by atoms with Gasteiger partial charge in [-0.25, -0.2) is 6.57 Å². The zero-order valence-electron chi connectivity index (χ0n) is 55.2. The first kappa shape index (κ1) is 78.7. The van der Waals surface area contributed by atoms with E-state index in [1.165, 1.54) is 16.7 Å². The molecule has 93 heavy (non-hydrogen) atoms. The van der Waals surface area contributed by atoms with E-state index in [0.717, 1.165) is 120 Å². The molecular weight excluding hydrogens is 1170 g/mol. The molecule has 0 fully saturated rings. The second kappa shape index (κ2) is 50.7. The van der Waals surface area contributed by atoms with Gasteiger partial charge in [0.25, 0.3) is 0 Å². The van der Waals surface area contributed by atoms with Crippen LogP contribution in [0.15, 0.2) is 182 Å². The molecule has 6 rings (SSSR count). The predicted octanol–water partition coefficient (Wildman–Crippen LogP) is 16.2. The maximum absolute atomic E-state index is 11.4. The van der Waals surface area contributed by atoms with E-state index >= 15 is 0 Å². The van der Waals surface area contributed by atoms with Crippen LogP contribution in [0.5, 0.6) is 0 Å². The van der Waals surface area contributed by atoms with Crippen molar-refractivity contribution in [1.29, 1.82) is 0 Å². The van der Waals surface area contributed by atoms with Gasteiger partial charge in [-0.2, -0.15) is 0 Å². The molecule has 0 spiro atoms. The van der Waals surface area contributed by atoms with Crippen LogP contribution in [0.25, 0.3) is 4.85 Å². The molecule has 0 aliphatic carbocycles. The maximum Gasteiger partial charge on any atom is 0.222 e. The minimum absolute atomic E-state index is 0.0133. The smallest absolute Gasteiger partial charge is 0.222 e. The van der Waals surface area contributed by atoms with Crippen molar-refractivity contribution in [2.45, 2.75) is 174 Å². The third-order valence-corrected chi connectivity index (χ3v) is 17.0. The Balaban J connectivity index is 0.000000323. The van der Waals surface area contributed by atoms with Gasteiger partial charge in [-0.1, -0.05) is 182 Å². The highest BCUT2D eigenvalue weighted by Crippen LogP contribution is 2.40. The van der Waals surface area contributed by atoms with E-state index in [4.69, 9.17) is 50.3 Å². The summed E-state index contributed by atoms with van der Waals surface area (Å²) in [6.07, 6.45) is 15.0. The van der Waals surface area contributed by atoms with Crippen molar-refractivity contribution in [3.8, 4) is 0 Å². The van der Waals surface area contributed by atoms with Crippen molar-refractivity contribution in [3.05, 3.63) is 247 Å². The molecule has 0 aliphatic heterocycles. The lowest BCUT2D eigenvalue weighted by Crippen LogP contribution is -2.39. The molecule has 16 nitrogen and oxygen atoms in total. The number of hydrogen-bond donors (Lipinski definition) is 3. The molecule has 0 aromatic heterocycles. The van der Waals surface area contributed by atoms with Crippen LogP contribution in [-0.2, 0) is 68.1 Å². The van der Waals surface area contributed by atoms with Crippen LogP contribution in [-0.4, -0.2) is 103 Å². The number of benzene rings is 6. The summed E-state index contributed by atoms with van der Waals surface area (Å²) in [5.74, 6) is 0. The van der Waals surface area contributed by atoms with E-state index < -0.39 is 5.54 Å². The van der Waals surface area contributed by atoms with Gasteiger partial charge in [0.2, 0.25) is 18.6 Å². The fourth-order valence-electron chi connectivity index (χ4n) is 11.9. The largest absolute Gasteiger partial charge is 0.396 e. The van der Waals surface area contributed by atoms with Crippen molar-refractivity contribution in [3.63, 3.8) is 0 Å². The number of rotatable bonds is 51. The molecule has 0 saturated heterocycles. The van der Waals surface area contributed by atoms with Gasteiger partial charge in [0, 0.05) is 101 Å². The Morgan fingerprint density at radius 1 is 0.333 bits per heavy atom. The van der Waals surface area contributed by atoms with Gasteiger partial charge in [0.05, 0.1) is 39.6 Å². The SMILES string of the molecule is O=[N+]([O-])C(CCCO)(CCCO)CCCO.O=[N+]([O-])CCC(CCCOCc1ccccc1)(CCCOCc1ccccc1)CCCOCc1ccccc1.[C-]#[N+]CCC(CCCOCc1ccccc1)(CCCOCc1ccccc1)CCCOCc1ccccc1. The predicted molar refractivity (Wildman–Crippen MR) is 368 cm³/mol. The molecule has 0 radical (unpaired) electrons. The molecule has 0 aliphatic rings. The standard InChI is InChI=1S/C34H43NO3.C33H43NO5.C10H21NO5/c1-35-24-23-34(20-11-25-36-28-31-14-5-2-6-15-31,21-12-26-37-29-32-16-7-3-8-17-32)22-13-27-38-30-33-18-9-4-10-19-33;35-34(36)23-22-33(19-10-24-37-27-30-13-4-1-5-14-30,20-11-25-38-28-31-15-6-2-7-16-31)21-12-26-39-29-32-17-8-3-9-18-32;12-7-1-4-10(11(15)16,5-2-8-13)6-3-9-14/h2-10,14-19H,11-13,20-30H2;1-9,13-18H,10-12,19-29H2;12-14H,1-9H2. The van der Waals surface area contributed by atoms with Gasteiger partial charge in [-0.3, -0.25) is 20.2 Å². The summed E-state index contributed by atoms with van der Waals surface area (Å²) in [5.41, 5.74) is 5.97. The van der Waals surface area contributed by atoms with Crippen molar-refractivity contribution in [2.24, 2.45) is 10.8 Å². The Morgan fingerprint density at radius 3 is 0.753 bits per heavy atom. The zero-order valence-corrected chi connectivity index (χ0v) is 55.2. The van der Waals surface area contributed by atoms with E-state index in [1.54, 1.807) is 0 Å². The number of ether oxygens (including phenoxy) is 6. The van der Waals surface area contributed by atoms with E-state index in [2.05, 4.69) is 77.6 Å². The maximum atomic E-state index is 11.4. The lowest BCUT2D eigenvalue weighted by atomic mass is 9.73. The third-order valence-electron chi connectivity index (χ3n) is 17.0. The first-order chi connectivity index (χ1) is 45.6. The summed E-state index contributed by atoms with van der Waals surface area (Å²) < 4.78 is 35.8. The molecule has 0 bridgehead atoms. The zero-order chi connectivity index (χ0) is 66.4. The van der Waals surface area contributed by atoms with Crippen LogP contribution in [0, 0.1) is 37.6 Å². The topological polar surface area (TPSA) is 207 Å². The Kier molecular flexibility index (Phi) is 42.9. The summed E-state index contributed by atoms with van der Waals surface area (Å²) in [6, 6.07) is 61.5. The number of hydrogen-bond acceptors (Lipinski definition) is 13. The third kappa shape index (κ3) is 36.5. The summed E-state index contributed by atoms with van der Waals surface area (Å²) in [6.45, 7) is 15.6. The quantitative estimate of drug-likeness (QED) is 0.0141. The normalized spacial score (nSPS) is 11.5. The molecular formula is C77H107N3O13. The Hall–Kier alpha value is -6.75. The fraction of sp³-hybridized carbons (Fsp3) is 0.519. The molecule has 0 saturated carbocycles. The lowest BCUT2D eigenvalue weighted by Gasteiger charge is -2.33. The van der Waals surface area contributed by atoms with Gasteiger partial charge in [0.15, 0.2) is 0 Å². The molecule has 0 unspecified atom stereocenters. The second-order valence-corrected chi connectivity index (χ2v) is 24.3. The molecule has 6 aromatic rings. The van der Waals surface area contributed by atoms with Gasteiger partial charge < -0.3 is 48.6 Å². The molecule has 6 aromatic carbocycles. The Labute approximate surface area is 555 Å². The van der Waals surface area contributed by atoms with Crippen LogP contribution in [0.2, 0.25) is 0 Å². The summed E-state index contributed by atoms with van der Waals surface area (Å²) in [4.78, 5) is 25.7. The van der Waals surface area contributed by atoms with Crippen LogP contribution < -0.4 is 0 Å². The highest BCUT2D eigenvalue weighted by Gasteiger charge is 2.41. The highest BCUT2D eigenvalue weighted by atomic mass is 16.6. The average Bonchev–Trinajstić information content (AvgIpc) is 1.29. The molecule has 508 valence electrons. The first-order valence-corrected chi connectivity index (χ1v) is 33.7. The average molecular weight is 1280 g/mol. The number of aliphatic hydroxyl groups is 3. The lowest BCUT2D eigenvalue weighted by molar-refractivity contribution is -0.574. The highest BCUT2D eigenvalue weighted by molar-refractivity contribution is 5.17. The minimum Gasteiger partial charge on any atom is -0.396 e. The van der Waals surface area contributed by atoms with Gasteiger partial charge in [-0.15, -0.1) is 0 Å². The van der Waals surface area contributed by atoms with E-state index in [9.17, 15) is 20.2 Å². The number of aliphatic hydroxyl groups excluding tert-OH is 3. The monoisotopic (exact) mass is 1280 g/mol. The van der Waals surface area contributed by atoms with E-state index in [0.29, 0.717) is 91.7 Å². The summed E-state index contributed by atoms with van der Waals surface area (Å²) in [7, 11) is 0. The molecule has 0 atom stereocenters. The van der Waals surface area contributed by atoms with Crippen molar-refractivity contribution in [2.75, 3.05) is 72.6 Å². The Bertz CT molecular complexity index is 2520. The minimum atomic E-state index is -1.10. The fourth-order valence-corrected chi connectivity index (χ4v) is 11.9. The van der Waals surface area contributed by atoms with Crippen LogP contribution in [0.1, 0.15) is 162 Å². The molecule has 0 amide bonds. The van der Waals surface area contributed by atoms with Crippen molar-refractivity contribution in [1.82, 2.24) is 0 Å². The summed E-state index contributed by atoms with van der Waals surface area (Å²) in [5, 5.41) is 48.7. The molecule has 3 N–H and O–H groups in total. The number of nitrogens with zero attached hydrogens (tertiary/aromatic N) is 3. The van der Waals surface area contributed by atoms with E-state index in [1.807, 2.05) is 109 Å². The van der Waals surface area contributed by atoms with Gasteiger partial charge in [-0.05, 0) is 141 Å². The Morgan fingerprint density at radius 2 is 0.559 bits per heavy atom. The first-order valence-electron chi connectivity index (χ1n) is 33.7. The van der Waals surface area contributed by atoms with Crippen molar-refractivity contribution >= 4 is 0 Å². The molecule has 0 heterocycles. The van der Waals surface area contributed by atoms with Crippen LogP contribution in [0.3, 0.4) is 0 Å². The van der Waals surface area contributed by atoms with Crippen LogP contribution >= 0.6 is 0 Å².